The van der Waals surface area contributed by atoms with Crippen LogP contribution < -0.4 is 14.8 Å². The molecule has 33 heavy (non-hydrogen) atoms. The summed E-state index contributed by atoms with van der Waals surface area (Å²) in [6.45, 7) is 5.79. The molecule has 2 N–H and O–H groups in total. The molecule has 0 aliphatic heterocycles. The van der Waals surface area contributed by atoms with E-state index >= 15 is 0 Å². The minimum absolute atomic E-state index is 0.133. The molecule has 0 saturated heterocycles. The SMILES string of the molecule is COc1ccc(Cl)cc1S(=O)(=O)NC(Cc1ccccc1)C(=O)Nc1c(C)cc(C)cc1C. The van der Waals surface area contributed by atoms with Crippen molar-refractivity contribution < 1.29 is 17.9 Å². The number of hydrogen-bond donors (Lipinski definition) is 2. The Morgan fingerprint density at radius 1 is 1.00 bits per heavy atom. The first kappa shape index (κ1) is 24.8. The summed E-state index contributed by atoms with van der Waals surface area (Å²) in [6, 6.07) is 16.4. The summed E-state index contributed by atoms with van der Waals surface area (Å²) < 4.78 is 34.3. The van der Waals surface area contributed by atoms with E-state index in [4.69, 9.17) is 16.3 Å². The van der Waals surface area contributed by atoms with Gasteiger partial charge in [0.15, 0.2) is 0 Å². The number of rotatable bonds is 8. The van der Waals surface area contributed by atoms with E-state index in [1.54, 1.807) is 0 Å². The van der Waals surface area contributed by atoms with Gasteiger partial charge in [0.05, 0.1) is 7.11 Å². The molecule has 0 aliphatic carbocycles. The first-order valence-electron chi connectivity index (χ1n) is 10.4. The van der Waals surface area contributed by atoms with Crippen molar-refractivity contribution in [3.8, 4) is 5.75 Å². The number of methoxy groups -OCH3 is 1. The Kier molecular flexibility index (Phi) is 7.79. The average molecular weight is 487 g/mol. The van der Waals surface area contributed by atoms with Gasteiger partial charge in [-0.1, -0.05) is 59.6 Å². The number of anilines is 1. The van der Waals surface area contributed by atoms with Crippen LogP contribution >= 0.6 is 11.6 Å². The van der Waals surface area contributed by atoms with Crippen molar-refractivity contribution in [1.82, 2.24) is 4.72 Å². The topological polar surface area (TPSA) is 84.5 Å². The standard InChI is InChI=1S/C25H27ClN2O4S/c1-16-12-17(2)24(18(3)13-16)27-25(29)21(14-19-8-6-5-7-9-19)28-33(30,31)23-15-20(26)10-11-22(23)32-4/h5-13,15,21,28H,14H2,1-4H3,(H,27,29). The molecular formula is C25H27ClN2O4S. The number of amides is 1. The zero-order chi connectivity index (χ0) is 24.2. The van der Waals surface area contributed by atoms with E-state index in [0.29, 0.717) is 5.69 Å². The first-order valence-corrected chi connectivity index (χ1v) is 12.3. The third kappa shape index (κ3) is 6.13. The third-order valence-corrected chi connectivity index (χ3v) is 6.96. The Hall–Kier alpha value is -2.87. The maximum absolute atomic E-state index is 13.3. The second kappa shape index (κ2) is 10.4. The van der Waals surface area contributed by atoms with Crippen molar-refractivity contribution in [3.63, 3.8) is 0 Å². The van der Waals surface area contributed by atoms with Gasteiger partial charge in [0, 0.05) is 10.7 Å². The number of hydrogen-bond acceptors (Lipinski definition) is 4. The zero-order valence-corrected chi connectivity index (χ0v) is 20.5. The van der Waals surface area contributed by atoms with Crippen molar-refractivity contribution in [3.05, 3.63) is 87.9 Å². The van der Waals surface area contributed by atoms with Crippen LogP contribution in [0.25, 0.3) is 0 Å². The van der Waals surface area contributed by atoms with Crippen LogP contribution in [0.2, 0.25) is 5.02 Å². The number of halogens is 1. The van der Waals surface area contributed by atoms with Crippen molar-refractivity contribution in [2.75, 3.05) is 12.4 Å². The van der Waals surface area contributed by atoms with Crippen LogP contribution in [-0.2, 0) is 21.2 Å². The summed E-state index contributed by atoms with van der Waals surface area (Å²) in [4.78, 5) is 13.2. The van der Waals surface area contributed by atoms with Gasteiger partial charge in [0.25, 0.3) is 0 Å². The van der Waals surface area contributed by atoms with Gasteiger partial charge in [-0.15, -0.1) is 0 Å². The Balaban J connectivity index is 1.96. The van der Waals surface area contributed by atoms with Gasteiger partial charge in [0.2, 0.25) is 15.9 Å². The summed E-state index contributed by atoms with van der Waals surface area (Å²) in [6.07, 6.45) is 0.165. The van der Waals surface area contributed by atoms with Gasteiger partial charge in [-0.2, -0.15) is 4.72 Å². The van der Waals surface area contributed by atoms with E-state index < -0.39 is 22.0 Å². The fraction of sp³-hybridized carbons (Fsp3) is 0.240. The van der Waals surface area contributed by atoms with Gasteiger partial charge in [-0.3, -0.25) is 4.79 Å². The van der Waals surface area contributed by atoms with E-state index in [2.05, 4.69) is 10.0 Å². The van der Waals surface area contributed by atoms with Gasteiger partial charge in [-0.25, -0.2) is 8.42 Å². The summed E-state index contributed by atoms with van der Waals surface area (Å²) >= 11 is 6.04. The lowest BCUT2D eigenvalue weighted by atomic mass is 10.0. The van der Waals surface area contributed by atoms with Crippen molar-refractivity contribution in [2.45, 2.75) is 38.1 Å². The summed E-state index contributed by atoms with van der Waals surface area (Å²) in [5, 5.41) is 3.16. The molecule has 0 saturated carbocycles. The molecule has 0 aromatic heterocycles. The molecule has 0 heterocycles. The molecule has 6 nitrogen and oxygen atoms in total. The zero-order valence-electron chi connectivity index (χ0n) is 19.0. The molecular weight excluding hydrogens is 460 g/mol. The maximum Gasteiger partial charge on any atom is 0.245 e. The number of ether oxygens (including phenoxy) is 1. The molecule has 174 valence electrons. The van der Waals surface area contributed by atoms with Crippen molar-refractivity contribution in [1.29, 1.82) is 0 Å². The van der Waals surface area contributed by atoms with Crippen molar-refractivity contribution in [2.24, 2.45) is 0 Å². The van der Waals surface area contributed by atoms with Gasteiger partial charge in [-0.05, 0) is 62.1 Å². The average Bonchev–Trinajstić information content (AvgIpc) is 2.76. The number of aryl methyl sites for hydroxylation is 3. The highest BCUT2D eigenvalue weighted by atomic mass is 35.5. The Morgan fingerprint density at radius 3 is 2.24 bits per heavy atom. The summed E-state index contributed by atoms with van der Waals surface area (Å²) in [5.74, 6) is -0.325. The highest BCUT2D eigenvalue weighted by Gasteiger charge is 2.29. The number of carbonyl (C=O) groups is 1. The smallest absolute Gasteiger partial charge is 0.245 e. The first-order chi connectivity index (χ1) is 15.6. The molecule has 8 heteroatoms. The molecule has 0 spiro atoms. The number of carbonyl (C=O) groups excluding carboxylic acids is 1. The lowest BCUT2D eigenvalue weighted by Gasteiger charge is -2.21. The van der Waals surface area contributed by atoms with E-state index in [-0.39, 0.29) is 22.1 Å². The van der Waals surface area contributed by atoms with Crippen LogP contribution in [0.3, 0.4) is 0 Å². The van der Waals surface area contributed by atoms with E-state index in [9.17, 15) is 13.2 Å². The molecule has 1 atom stereocenters. The second-order valence-electron chi connectivity index (χ2n) is 7.92. The summed E-state index contributed by atoms with van der Waals surface area (Å²) in [5.41, 5.74) is 4.37. The molecule has 0 aliphatic rings. The summed E-state index contributed by atoms with van der Waals surface area (Å²) in [7, 11) is -2.76. The number of sulfonamides is 1. The predicted molar refractivity (Wildman–Crippen MR) is 132 cm³/mol. The van der Waals surface area contributed by atoms with Crippen LogP contribution in [0.4, 0.5) is 5.69 Å². The van der Waals surface area contributed by atoms with Crippen molar-refractivity contribution >= 4 is 33.2 Å². The van der Waals surface area contributed by atoms with Gasteiger partial charge >= 0.3 is 0 Å². The van der Waals surface area contributed by atoms with E-state index in [1.807, 2.05) is 63.2 Å². The molecule has 0 fully saturated rings. The van der Waals surface area contributed by atoms with Crippen LogP contribution in [0.15, 0.2) is 65.6 Å². The van der Waals surface area contributed by atoms with Crippen LogP contribution in [0.1, 0.15) is 22.3 Å². The fourth-order valence-electron chi connectivity index (χ4n) is 3.74. The second-order valence-corrected chi connectivity index (χ2v) is 10.0. The molecule has 3 rings (SSSR count). The molecule has 0 bridgehead atoms. The van der Waals surface area contributed by atoms with E-state index in [0.717, 1.165) is 22.3 Å². The minimum Gasteiger partial charge on any atom is -0.495 e. The van der Waals surface area contributed by atoms with Crippen LogP contribution in [0.5, 0.6) is 5.75 Å². The largest absolute Gasteiger partial charge is 0.495 e. The molecule has 0 radical (unpaired) electrons. The Bertz CT molecular complexity index is 1240. The van der Waals surface area contributed by atoms with Gasteiger partial charge in [0.1, 0.15) is 16.7 Å². The monoisotopic (exact) mass is 486 g/mol. The third-order valence-electron chi connectivity index (χ3n) is 5.24. The number of benzene rings is 3. The lowest BCUT2D eigenvalue weighted by Crippen LogP contribution is -2.45. The molecule has 3 aromatic carbocycles. The fourth-order valence-corrected chi connectivity index (χ4v) is 5.36. The maximum atomic E-state index is 13.3. The van der Waals surface area contributed by atoms with Gasteiger partial charge < -0.3 is 10.1 Å². The molecule has 1 amide bonds. The minimum atomic E-state index is -4.13. The van der Waals surface area contributed by atoms with E-state index in [1.165, 1.54) is 25.3 Å². The van der Waals surface area contributed by atoms with Crippen LogP contribution in [-0.4, -0.2) is 27.5 Å². The predicted octanol–water partition coefficient (Wildman–Crippen LogP) is 4.80. The Labute approximate surface area is 200 Å². The van der Waals surface area contributed by atoms with Crippen LogP contribution in [0, 0.1) is 20.8 Å². The quantitative estimate of drug-likeness (QED) is 0.479. The highest BCUT2D eigenvalue weighted by molar-refractivity contribution is 7.89. The number of nitrogens with one attached hydrogen (secondary N) is 2. The normalized spacial score (nSPS) is 12.3. The molecule has 3 aromatic rings. The lowest BCUT2D eigenvalue weighted by molar-refractivity contribution is -0.117. The highest BCUT2D eigenvalue weighted by Crippen LogP contribution is 2.28. The Morgan fingerprint density at radius 2 is 1.64 bits per heavy atom. The molecule has 1 unspecified atom stereocenters.